The van der Waals surface area contributed by atoms with Crippen molar-refractivity contribution in [3.63, 3.8) is 0 Å². The fourth-order valence-corrected chi connectivity index (χ4v) is 1.67. The maximum atomic E-state index is 11.0. The lowest BCUT2D eigenvalue weighted by molar-refractivity contribution is -0.132. The molecule has 0 unspecified atom stereocenters. The fraction of sp³-hybridized carbons (Fsp3) is 0.167. The van der Waals surface area contributed by atoms with Crippen LogP contribution in [0.4, 0.5) is 0 Å². The molecule has 17 heavy (non-hydrogen) atoms. The third kappa shape index (κ3) is 2.65. The van der Waals surface area contributed by atoms with Crippen molar-refractivity contribution in [2.45, 2.75) is 13.8 Å². The molecule has 0 atom stereocenters. The van der Waals surface area contributed by atoms with Crippen LogP contribution in [0.15, 0.2) is 30.3 Å². The van der Waals surface area contributed by atoms with Crippen LogP contribution in [0.2, 0.25) is 5.02 Å². The number of carbonyl (C=O) groups is 1. The number of benzene rings is 1. The lowest BCUT2D eigenvalue weighted by atomic mass is 10.3. The normalized spacial score (nSPS) is 10.3. The number of carbonyl (C=O) groups excluding carboxylic acids is 1. The van der Waals surface area contributed by atoms with Gasteiger partial charge < -0.3 is 4.74 Å². The predicted molar refractivity (Wildman–Crippen MR) is 64.6 cm³/mol. The van der Waals surface area contributed by atoms with Crippen LogP contribution in [-0.2, 0) is 4.79 Å². The minimum absolute atomic E-state index is 0.381. The highest BCUT2D eigenvalue weighted by Crippen LogP contribution is 2.21. The molecule has 0 spiro atoms. The number of hydrogen-bond acceptors (Lipinski definition) is 3. The van der Waals surface area contributed by atoms with Gasteiger partial charge in [-0.1, -0.05) is 17.7 Å². The molecule has 0 aliphatic rings. The van der Waals surface area contributed by atoms with Gasteiger partial charge in [-0.3, -0.25) is 4.79 Å². The molecule has 1 aromatic carbocycles. The number of aromatic nitrogens is 2. The Morgan fingerprint density at radius 2 is 2.18 bits per heavy atom. The second-order valence-corrected chi connectivity index (χ2v) is 4.05. The quantitative estimate of drug-likeness (QED) is 0.770. The van der Waals surface area contributed by atoms with Gasteiger partial charge in [-0.15, -0.1) is 0 Å². The van der Waals surface area contributed by atoms with E-state index >= 15 is 0 Å². The monoisotopic (exact) mass is 250 g/mol. The zero-order valence-corrected chi connectivity index (χ0v) is 10.2. The number of esters is 1. The molecular formula is C12H11ClN2O2. The Bertz CT molecular complexity index is 563. The summed E-state index contributed by atoms with van der Waals surface area (Å²) in [6.45, 7) is 3.18. The van der Waals surface area contributed by atoms with E-state index in [9.17, 15) is 4.79 Å². The van der Waals surface area contributed by atoms with E-state index in [0.717, 1.165) is 11.4 Å². The van der Waals surface area contributed by atoms with Gasteiger partial charge in [0.2, 0.25) is 5.88 Å². The molecule has 2 aromatic rings. The Kier molecular flexibility index (Phi) is 3.15. The maximum Gasteiger partial charge on any atom is 0.309 e. The Balaban J connectivity index is 2.47. The maximum absolute atomic E-state index is 11.0. The van der Waals surface area contributed by atoms with E-state index in [4.69, 9.17) is 16.3 Å². The molecule has 2 rings (SSSR count). The van der Waals surface area contributed by atoms with Crippen molar-refractivity contribution in [1.29, 1.82) is 0 Å². The second kappa shape index (κ2) is 4.59. The van der Waals surface area contributed by atoms with Crippen LogP contribution in [0.25, 0.3) is 5.69 Å². The highest BCUT2D eigenvalue weighted by Gasteiger charge is 2.10. The van der Waals surface area contributed by atoms with Gasteiger partial charge in [0.05, 0.1) is 11.4 Å². The van der Waals surface area contributed by atoms with E-state index in [0.29, 0.717) is 10.9 Å². The van der Waals surface area contributed by atoms with Crippen LogP contribution >= 0.6 is 11.6 Å². The van der Waals surface area contributed by atoms with E-state index in [-0.39, 0.29) is 5.97 Å². The molecule has 0 aliphatic heterocycles. The highest BCUT2D eigenvalue weighted by molar-refractivity contribution is 6.30. The average Bonchev–Trinajstić information content (AvgIpc) is 2.58. The Morgan fingerprint density at radius 1 is 1.41 bits per heavy atom. The molecular weight excluding hydrogens is 240 g/mol. The first kappa shape index (κ1) is 11.7. The summed E-state index contributed by atoms with van der Waals surface area (Å²) in [4.78, 5) is 11.0. The number of rotatable bonds is 2. The molecule has 0 N–H and O–H groups in total. The molecule has 4 nitrogen and oxygen atoms in total. The van der Waals surface area contributed by atoms with Crippen LogP contribution in [0.3, 0.4) is 0 Å². The van der Waals surface area contributed by atoms with Crippen molar-refractivity contribution in [2.75, 3.05) is 0 Å². The lowest BCUT2D eigenvalue weighted by Crippen LogP contribution is -2.07. The van der Waals surface area contributed by atoms with Gasteiger partial charge in [0, 0.05) is 18.0 Å². The van der Waals surface area contributed by atoms with Crippen molar-refractivity contribution < 1.29 is 9.53 Å². The van der Waals surface area contributed by atoms with Crippen LogP contribution in [0.1, 0.15) is 12.6 Å². The smallest absolute Gasteiger partial charge is 0.309 e. The van der Waals surface area contributed by atoms with Gasteiger partial charge in [-0.05, 0) is 25.1 Å². The van der Waals surface area contributed by atoms with Gasteiger partial charge in [0.15, 0.2) is 0 Å². The van der Waals surface area contributed by atoms with Gasteiger partial charge in [0.1, 0.15) is 0 Å². The standard InChI is InChI=1S/C12H11ClN2O2/c1-8-6-12(17-9(2)16)15(14-8)11-5-3-4-10(13)7-11/h3-7H,1-2H3. The minimum atomic E-state index is -0.381. The third-order valence-electron chi connectivity index (χ3n) is 2.10. The summed E-state index contributed by atoms with van der Waals surface area (Å²) >= 11 is 5.91. The number of nitrogens with zero attached hydrogens (tertiary/aromatic N) is 2. The molecule has 88 valence electrons. The lowest BCUT2D eigenvalue weighted by Gasteiger charge is -2.06. The summed E-state index contributed by atoms with van der Waals surface area (Å²) in [5, 5.41) is 4.86. The van der Waals surface area contributed by atoms with Gasteiger partial charge >= 0.3 is 5.97 Å². The Morgan fingerprint density at radius 3 is 2.82 bits per heavy atom. The number of aryl methyl sites for hydroxylation is 1. The highest BCUT2D eigenvalue weighted by atomic mass is 35.5. The second-order valence-electron chi connectivity index (χ2n) is 3.61. The van der Waals surface area contributed by atoms with E-state index in [1.54, 1.807) is 22.9 Å². The van der Waals surface area contributed by atoms with Gasteiger partial charge in [0.25, 0.3) is 0 Å². The summed E-state index contributed by atoms with van der Waals surface area (Å²) < 4.78 is 6.62. The summed E-state index contributed by atoms with van der Waals surface area (Å²) in [6.07, 6.45) is 0. The molecule has 0 saturated heterocycles. The molecule has 0 radical (unpaired) electrons. The molecule has 1 aromatic heterocycles. The van der Waals surface area contributed by atoms with E-state index in [1.807, 2.05) is 19.1 Å². The summed E-state index contributed by atoms with van der Waals surface area (Å²) in [6, 6.07) is 8.87. The van der Waals surface area contributed by atoms with E-state index in [1.165, 1.54) is 6.92 Å². The Hall–Kier alpha value is -1.81. The largest absolute Gasteiger partial charge is 0.408 e. The van der Waals surface area contributed by atoms with Crippen molar-refractivity contribution >= 4 is 17.6 Å². The molecule has 5 heteroatoms. The van der Waals surface area contributed by atoms with Crippen molar-refractivity contribution in [2.24, 2.45) is 0 Å². The molecule has 1 heterocycles. The van der Waals surface area contributed by atoms with Crippen molar-refractivity contribution in [3.8, 4) is 11.6 Å². The Labute approximate surface area is 104 Å². The van der Waals surface area contributed by atoms with Crippen LogP contribution in [0.5, 0.6) is 5.88 Å². The zero-order chi connectivity index (χ0) is 12.4. The SMILES string of the molecule is CC(=O)Oc1cc(C)nn1-c1cccc(Cl)c1. The first-order valence-corrected chi connectivity index (χ1v) is 5.45. The third-order valence-corrected chi connectivity index (χ3v) is 2.34. The van der Waals surface area contributed by atoms with E-state index < -0.39 is 0 Å². The number of halogens is 1. The van der Waals surface area contributed by atoms with Crippen LogP contribution < -0.4 is 4.74 Å². The molecule has 0 bridgehead atoms. The van der Waals surface area contributed by atoms with Crippen LogP contribution in [0, 0.1) is 6.92 Å². The average molecular weight is 251 g/mol. The van der Waals surface area contributed by atoms with E-state index in [2.05, 4.69) is 5.10 Å². The summed E-state index contributed by atoms with van der Waals surface area (Å²) in [7, 11) is 0. The molecule has 0 saturated carbocycles. The first-order chi connectivity index (χ1) is 8.06. The van der Waals surface area contributed by atoms with Crippen LogP contribution in [-0.4, -0.2) is 15.7 Å². The molecule has 0 aliphatic carbocycles. The van der Waals surface area contributed by atoms with Gasteiger partial charge in [-0.2, -0.15) is 5.10 Å². The van der Waals surface area contributed by atoms with Crippen molar-refractivity contribution in [3.05, 3.63) is 41.0 Å². The summed E-state index contributed by atoms with van der Waals surface area (Å²) in [5.74, 6) is 0.00504. The first-order valence-electron chi connectivity index (χ1n) is 5.07. The van der Waals surface area contributed by atoms with Crippen molar-refractivity contribution in [1.82, 2.24) is 9.78 Å². The fourth-order valence-electron chi connectivity index (χ4n) is 1.49. The predicted octanol–water partition coefficient (Wildman–Crippen LogP) is 2.76. The van der Waals surface area contributed by atoms with Gasteiger partial charge in [-0.25, -0.2) is 4.68 Å². The summed E-state index contributed by atoms with van der Waals surface area (Å²) in [5.41, 5.74) is 1.52. The zero-order valence-electron chi connectivity index (χ0n) is 9.48. The number of hydrogen-bond donors (Lipinski definition) is 0. The topological polar surface area (TPSA) is 44.1 Å². The molecule has 0 fully saturated rings. The number of ether oxygens (including phenoxy) is 1. The molecule has 0 amide bonds. The minimum Gasteiger partial charge on any atom is -0.408 e.